The van der Waals surface area contributed by atoms with E-state index < -0.39 is 27.0 Å². The molecule has 8 heteroatoms. The summed E-state index contributed by atoms with van der Waals surface area (Å²) in [6, 6.07) is 3.26. The number of allylic oxidation sites excluding steroid dienone is 4. The van der Waals surface area contributed by atoms with Crippen LogP contribution in [0.1, 0.15) is 214 Å². The van der Waals surface area contributed by atoms with Gasteiger partial charge in [0.05, 0.1) is 29.2 Å². The van der Waals surface area contributed by atoms with Crippen LogP contribution in [-0.4, -0.2) is 38.1 Å². The Kier molecular flexibility index (Phi) is 30.3. The van der Waals surface area contributed by atoms with Crippen molar-refractivity contribution < 1.29 is 32.0 Å². The smallest absolute Gasteiger partial charge is 0.339 e. The summed E-state index contributed by atoms with van der Waals surface area (Å²) in [6.07, 6.45) is 42.5. The van der Waals surface area contributed by atoms with E-state index in [4.69, 9.17) is 9.47 Å². The van der Waals surface area contributed by atoms with Crippen molar-refractivity contribution in [2.24, 2.45) is 0 Å². The molecule has 0 spiro atoms. The van der Waals surface area contributed by atoms with Gasteiger partial charge in [0.15, 0.2) is 0 Å². The number of esters is 2. The van der Waals surface area contributed by atoms with Crippen LogP contribution in [0.25, 0.3) is 0 Å². The molecule has 0 radical (unpaired) electrons. The molecule has 1 aromatic carbocycles. The van der Waals surface area contributed by atoms with Crippen LogP contribution in [0.5, 0.6) is 0 Å². The zero-order chi connectivity index (χ0) is 38.0. The molecule has 7 nitrogen and oxygen atoms in total. The van der Waals surface area contributed by atoms with Crippen molar-refractivity contribution in [3.05, 3.63) is 53.6 Å². The van der Waals surface area contributed by atoms with Gasteiger partial charge in [0.25, 0.3) is 10.1 Å². The number of carbonyl (C=O) groups excluding carboxylic acids is 2. The van der Waals surface area contributed by atoms with Gasteiger partial charge in [-0.15, -0.1) is 0 Å². The third-order valence-corrected chi connectivity index (χ3v) is 10.4. The average Bonchev–Trinajstić information content (AvgIpc) is 3.13. The van der Waals surface area contributed by atoms with Crippen molar-refractivity contribution in [1.82, 2.24) is 0 Å². The molecule has 0 atom stereocenters. The fourth-order valence-corrected chi connectivity index (χ4v) is 6.72. The van der Waals surface area contributed by atoms with E-state index in [2.05, 4.69) is 38.2 Å². The van der Waals surface area contributed by atoms with Gasteiger partial charge in [-0.05, 0) is 82.4 Å². The first-order valence-electron chi connectivity index (χ1n) is 21.1. The minimum atomic E-state index is -4.57. The third kappa shape index (κ3) is 26.3. The molecule has 0 bridgehead atoms. The van der Waals surface area contributed by atoms with E-state index in [0.29, 0.717) is 12.8 Å². The maximum atomic E-state index is 12.9. The van der Waals surface area contributed by atoms with Gasteiger partial charge in [-0.3, -0.25) is 4.55 Å². The third-order valence-electron chi connectivity index (χ3n) is 9.51. The summed E-state index contributed by atoms with van der Waals surface area (Å²) in [4.78, 5) is 25.3. The van der Waals surface area contributed by atoms with Gasteiger partial charge < -0.3 is 9.47 Å². The van der Waals surface area contributed by atoms with Crippen LogP contribution >= 0.6 is 0 Å². The molecule has 0 amide bonds. The van der Waals surface area contributed by atoms with E-state index in [1.165, 1.54) is 134 Å². The molecule has 52 heavy (non-hydrogen) atoms. The van der Waals surface area contributed by atoms with Gasteiger partial charge in [-0.1, -0.05) is 154 Å². The van der Waals surface area contributed by atoms with Gasteiger partial charge in [0.2, 0.25) is 0 Å². The Balaban J connectivity index is 2.28. The number of unbranched alkanes of at least 4 members (excludes halogenated alkanes) is 24. The Bertz CT molecular complexity index is 1200. The molecule has 0 saturated carbocycles. The molecule has 298 valence electrons. The normalized spacial score (nSPS) is 11.9. The van der Waals surface area contributed by atoms with Crippen molar-refractivity contribution >= 4 is 22.1 Å². The molecule has 0 unspecified atom stereocenters. The first-order valence-corrected chi connectivity index (χ1v) is 22.5. The van der Waals surface area contributed by atoms with Crippen LogP contribution in [0.3, 0.4) is 0 Å². The first-order chi connectivity index (χ1) is 25.3. The predicted octanol–water partition coefficient (Wildman–Crippen LogP) is 13.3. The molecule has 0 heterocycles. The Morgan fingerprint density at radius 2 is 0.827 bits per heavy atom. The first kappa shape index (κ1) is 47.6. The maximum absolute atomic E-state index is 12.9. The fourth-order valence-electron chi connectivity index (χ4n) is 6.22. The van der Waals surface area contributed by atoms with Gasteiger partial charge in [-0.25, -0.2) is 9.59 Å². The van der Waals surface area contributed by atoms with Gasteiger partial charge in [-0.2, -0.15) is 8.42 Å². The fraction of sp³-hybridized carbons (Fsp3) is 0.727. The summed E-state index contributed by atoms with van der Waals surface area (Å²) in [5, 5.41) is 0. The Morgan fingerprint density at radius 3 is 1.19 bits per heavy atom. The lowest BCUT2D eigenvalue weighted by atomic mass is 10.1. The SMILES string of the molecule is CCCCCCCCCCCC/C=C/CCCCOC(=O)c1ccc(S(=O)(=O)O)cc1C(=O)OCCCC/C=C/CCCCCCCCCCCC. The van der Waals surface area contributed by atoms with E-state index in [-0.39, 0.29) is 24.3 Å². The number of carbonyl (C=O) groups is 2. The van der Waals surface area contributed by atoms with Crippen molar-refractivity contribution in [2.75, 3.05) is 13.2 Å². The van der Waals surface area contributed by atoms with Crippen LogP contribution in [0.2, 0.25) is 0 Å². The van der Waals surface area contributed by atoms with Crippen LogP contribution in [0.15, 0.2) is 47.4 Å². The number of rotatable bonds is 35. The van der Waals surface area contributed by atoms with Crippen molar-refractivity contribution in [2.45, 2.75) is 199 Å². The molecule has 1 rings (SSSR count). The minimum Gasteiger partial charge on any atom is -0.462 e. The van der Waals surface area contributed by atoms with E-state index in [0.717, 1.165) is 50.7 Å². The van der Waals surface area contributed by atoms with Crippen LogP contribution in [0.4, 0.5) is 0 Å². The highest BCUT2D eigenvalue weighted by Gasteiger charge is 2.23. The molecule has 0 aliphatic rings. The largest absolute Gasteiger partial charge is 0.462 e. The summed E-state index contributed by atoms with van der Waals surface area (Å²) < 4.78 is 43.8. The molecule has 1 aromatic rings. The predicted molar refractivity (Wildman–Crippen MR) is 216 cm³/mol. The summed E-state index contributed by atoms with van der Waals surface area (Å²) in [5.74, 6) is -1.54. The highest BCUT2D eigenvalue weighted by molar-refractivity contribution is 7.85. The molecule has 0 aliphatic heterocycles. The van der Waals surface area contributed by atoms with Crippen LogP contribution in [0, 0.1) is 0 Å². The molecule has 0 fully saturated rings. The number of ether oxygens (including phenoxy) is 2. The average molecular weight is 747 g/mol. The van der Waals surface area contributed by atoms with Crippen LogP contribution < -0.4 is 0 Å². The minimum absolute atomic E-state index is 0.0799. The monoisotopic (exact) mass is 747 g/mol. The van der Waals surface area contributed by atoms with E-state index in [9.17, 15) is 22.6 Å². The van der Waals surface area contributed by atoms with E-state index >= 15 is 0 Å². The quantitative estimate of drug-likeness (QED) is 0.0319. The molecular formula is C44H74O7S. The lowest BCUT2D eigenvalue weighted by Crippen LogP contribution is -2.16. The van der Waals surface area contributed by atoms with Crippen molar-refractivity contribution in [3.63, 3.8) is 0 Å². The summed E-state index contributed by atoms with van der Waals surface area (Å²) in [6.45, 7) is 4.84. The van der Waals surface area contributed by atoms with Gasteiger partial charge in [0, 0.05) is 0 Å². The Labute approximate surface area is 318 Å². The maximum Gasteiger partial charge on any atom is 0.339 e. The zero-order valence-electron chi connectivity index (χ0n) is 33.1. The van der Waals surface area contributed by atoms with E-state index in [1.807, 2.05) is 0 Å². The highest BCUT2D eigenvalue weighted by Crippen LogP contribution is 2.20. The van der Waals surface area contributed by atoms with Crippen molar-refractivity contribution in [1.29, 1.82) is 0 Å². The molecular weight excluding hydrogens is 673 g/mol. The van der Waals surface area contributed by atoms with Gasteiger partial charge >= 0.3 is 11.9 Å². The summed E-state index contributed by atoms with van der Waals surface area (Å²) in [7, 11) is -4.57. The standard InChI is InChI=1S/C44H74O7S/c1-3-5-7-9-11-13-15-17-19-21-23-25-27-29-31-33-37-50-43(45)41-36-35-40(52(47,48)49)39-42(41)44(46)51-38-34-32-30-28-26-24-22-20-18-16-14-12-10-8-6-4-2/h25-28,35-36,39H,3-24,29-34,37-38H2,1-2H3,(H,47,48,49)/b27-25+,28-26+. The lowest BCUT2D eigenvalue weighted by molar-refractivity contribution is 0.0451. The Hall–Kier alpha value is -2.45. The second-order valence-corrected chi connectivity index (χ2v) is 15.8. The Morgan fingerprint density at radius 1 is 0.500 bits per heavy atom. The number of benzene rings is 1. The van der Waals surface area contributed by atoms with Crippen LogP contribution in [-0.2, 0) is 19.6 Å². The van der Waals surface area contributed by atoms with Gasteiger partial charge in [0.1, 0.15) is 0 Å². The van der Waals surface area contributed by atoms with E-state index in [1.54, 1.807) is 0 Å². The molecule has 0 saturated heterocycles. The van der Waals surface area contributed by atoms with Crippen molar-refractivity contribution in [3.8, 4) is 0 Å². The number of hydrogen-bond acceptors (Lipinski definition) is 6. The molecule has 0 aliphatic carbocycles. The topological polar surface area (TPSA) is 107 Å². The second kappa shape index (κ2) is 33.1. The summed E-state index contributed by atoms with van der Waals surface area (Å²) >= 11 is 0. The second-order valence-electron chi connectivity index (χ2n) is 14.3. The lowest BCUT2D eigenvalue weighted by Gasteiger charge is -2.11. The highest BCUT2D eigenvalue weighted by atomic mass is 32.2. The zero-order valence-corrected chi connectivity index (χ0v) is 33.9. The summed E-state index contributed by atoms with van der Waals surface area (Å²) in [5.41, 5.74) is -0.310. The number of hydrogen-bond donors (Lipinski definition) is 1. The molecule has 1 N–H and O–H groups in total. The molecule has 0 aromatic heterocycles.